The van der Waals surface area contributed by atoms with E-state index < -0.39 is 0 Å². The molecule has 0 atom stereocenters. The molecule has 26 heavy (non-hydrogen) atoms. The third-order valence-corrected chi connectivity index (χ3v) is 5.09. The molecule has 124 valence electrons. The van der Waals surface area contributed by atoms with Gasteiger partial charge in [0.05, 0.1) is 0 Å². The Hall–Kier alpha value is -3.36. The predicted molar refractivity (Wildman–Crippen MR) is 110 cm³/mol. The number of rotatable bonds is 2. The first-order chi connectivity index (χ1) is 12.9. The summed E-state index contributed by atoms with van der Waals surface area (Å²) < 4.78 is 0.570. The molecule has 0 saturated heterocycles. The van der Waals surface area contributed by atoms with E-state index in [0.29, 0.717) is 4.48 Å². The van der Waals surface area contributed by atoms with Gasteiger partial charge in [0, 0.05) is 36.4 Å². The van der Waals surface area contributed by atoms with Crippen LogP contribution in [0.4, 0.5) is 34.1 Å². The molecule has 0 aromatic heterocycles. The summed E-state index contributed by atoms with van der Waals surface area (Å²) in [4.78, 5) is 0. The maximum atomic E-state index is 3.62. The number of benzene rings is 4. The number of nitrogens with zero attached hydrogens (tertiary/aromatic N) is 1. The maximum absolute atomic E-state index is 3.62. The van der Waals surface area contributed by atoms with Gasteiger partial charge in [-0.3, -0.25) is 0 Å². The highest BCUT2D eigenvalue weighted by Gasteiger charge is 2.45. The minimum atomic E-state index is 0.570. The Morgan fingerprint density at radius 2 is 0.808 bits per heavy atom. The van der Waals surface area contributed by atoms with Gasteiger partial charge < -0.3 is 5.32 Å². The lowest BCUT2D eigenvalue weighted by molar-refractivity contribution is 0.701. The van der Waals surface area contributed by atoms with Crippen LogP contribution in [0.5, 0.6) is 0 Å². The number of fused-ring (bicyclic) bond motifs is 2. The van der Waals surface area contributed by atoms with Crippen LogP contribution in [0, 0.1) is 0 Å². The molecule has 0 bridgehead atoms. The van der Waals surface area contributed by atoms with Crippen LogP contribution in [-0.4, -0.2) is 0 Å². The molecule has 2 heteroatoms. The van der Waals surface area contributed by atoms with Crippen molar-refractivity contribution in [1.82, 2.24) is 4.48 Å². The highest BCUT2D eigenvalue weighted by molar-refractivity contribution is 5.97. The number of nitrogens with one attached hydrogen (secondary N) is 1. The average Bonchev–Trinajstić information content (AvgIpc) is 2.73. The molecule has 5 rings (SSSR count). The van der Waals surface area contributed by atoms with Gasteiger partial charge in [-0.1, -0.05) is 60.7 Å². The Bertz CT molecular complexity index is 969. The summed E-state index contributed by atoms with van der Waals surface area (Å²) in [6.45, 7) is 0. The van der Waals surface area contributed by atoms with Crippen molar-refractivity contribution in [2.24, 2.45) is 0 Å². The number of anilines is 2. The first-order valence-electron chi connectivity index (χ1n) is 8.87. The second-order valence-electron chi connectivity index (χ2n) is 6.50. The van der Waals surface area contributed by atoms with Gasteiger partial charge in [0.1, 0.15) is 22.7 Å². The van der Waals surface area contributed by atoms with Crippen molar-refractivity contribution in [3.8, 4) is 0 Å². The lowest BCUT2D eigenvalue weighted by Gasteiger charge is -2.41. The van der Waals surface area contributed by atoms with Crippen LogP contribution in [0.1, 0.15) is 0 Å². The van der Waals surface area contributed by atoms with E-state index in [4.69, 9.17) is 0 Å². The van der Waals surface area contributed by atoms with E-state index in [1.807, 2.05) is 0 Å². The second kappa shape index (κ2) is 5.87. The van der Waals surface area contributed by atoms with Gasteiger partial charge in [0.15, 0.2) is 11.4 Å². The molecule has 1 aliphatic rings. The normalized spacial score (nSPS) is 14.0. The summed E-state index contributed by atoms with van der Waals surface area (Å²) in [6, 6.07) is 38.6. The van der Waals surface area contributed by atoms with Gasteiger partial charge >= 0.3 is 0 Å². The molecule has 0 amide bonds. The number of quaternary nitrogens is 1. The molecule has 0 saturated carbocycles. The largest absolute Gasteiger partial charge is 0.346 e. The predicted octanol–water partition coefficient (Wildman–Crippen LogP) is 7.05. The van der Waals surface area contributed by atoms with Crippen LogP contribution >= 0.6 is 0 Å². The number of hydrogen-bond acceptors (Lipinski definition) is 1. The number of para-hydroxylation sites is 6. The van der Waals surface area contributed by atoms with Gasteiger partial charge in [0.25, 0.3) is 0 Å². The molecule has 0 aliphatic carbocycles. The van der Waals surface area contributed by atoms with Crippen LogP contribution in [0.25, 0.3) is 0 Å². The Balaban J connectivity index is 1.97. The summed E-state index contributed by atoms with van der Waals surface area (Å²) in [6.07, 6.45) is 0. The second-order valence-corrected chi connectivity index (χ2v) is 6.50. The van der Waals surface area contributed by atoms with E-state index in [2.05, 4.69) is 115 Å². The fourth-order valence-electron chi connectivity index (χ4n) is 4.03. The molecule has 0 radical (unpaired) electrons. The highest BCUT2D eigenvalue weighted by atomic mass is 15.4. The molecule has 0 fully saturated rings. The minimum Gasteiger partial charge on any atom is -0.346 e. The lowest BCUT2D eigenvalue weighted by atomic mass is 10.0. The summed E-state index contributed by atoms with van der Waals surface area (Å²) in [7, 11) is 0. The van der Waals surface area contributed by atoms with Gasteiger partial charge in [-0.05, 0) is 12.1 Å². The SMILES string of the molecule is c1ccc([N+]2(c3ccccc3)c3ccccc3Nc3ccccc32)cc1. The zero-order valence-corrected chi connectivity index (χ0v) is 14.3. The Morgan fingerprint density at radius 3 is 1.27 bits per heavy atom. The monoisotopic (exact) mass is 335 g/mol. The average molecular weight is 335 g/mol. The first-order valence-corrected chi connectivity index (χ1v) is 8.87. The van der Waals surface area contributed by atoms with E-state index in [9.17, 15) is 0 Å². The molecular formula is C24H19N2+. The number of hydrogen-bond donors (Lipinski definition) is 1. The zero-order chi connectivity index (χ0) is 17.4. The van der Waals surface area contributed by atoms with Crippen molar-refractivity contribution in [3.05, 3.63) is 109 Å². The Kier molecular flexibility index (Phi) is 3.37. The van der Waals surface area contributed by atoms with Gasteiger partial charge in [-0.25, -0.2) is 0 Å². The smallest absolute Gasteiger partial charge is 0.171 e. The Morgan fingerprint density at radius 1 is 0.423 bits per heavy atom. The van der Waals surface area contributed by atoms with Crippen molar-refractivity contribution < 1.29 is 0 Å². The molecule has 1 heterocycles. The van der Waals surface area contributed by atoms with Gasteiger partial charge in [0.2, 0.25) is 0 Å². The van der Waals surface area contributed by atoms with E-state index >= 15 is 0 Å². The van der Waals surface area contributed by atoms with E-state index in [1.165, 1.54) is 22.7 Å². The Labute approximate surface area is 153 Å². The summed E-state index contributed by atoms with van der Waals surface area (Å²) >= 11 is 0. The molecule has 4 aromatic carbocycles. The molecule has 0 unspecified atom stereocenters. The first kappa shape index (κ1) is 14.9. The minimum absolute atomic E-state index is 0.570. The third-order valence-electron chi connectivity index (χ3n) is 5.09. The van der Waals surface area contributed by atoms with E-state index in [-0.39, 0.29) is 0 Å². The van der Waals surface area contributed by atoms with Crippen LogP contribution < -0.4 is 9.80 Å². The lowest BCUT2D eigenvalue weighted by Crippen LogP contribution is -2.36. The van der Waals surface area contributed by atoms with Crippen molar-refractivity contribution >= 4 is 34.1 Å². The summed E-state index contributed by atoms with van der Waals surface area (Å²) in [5.41, 5.74) is 7.17. The topological polar surface area (TPSA) is 12.0 Å². The molecule has 2 nitrogen and oxygen atoms in total. The van der Waals surface area contributed by atoms with Crippen LogP contribution in [-0.2, 0) is 0 Å². The summed E-state index contributed by atoms with van der Waals surface area (Å²) in [5, 5.41) is 3.62. The van der Waals surface area contributed by atoms with Crippen molar-refractivity contribution in [1.29, 1.82) is 0 Å². The van der Waals surface area contributed by atoms with Crippen molar-refractivity contribution in [2.75, 3.05) is 5.32 Å². The van der Waals surface area contributed by atoms with Crippen molar-refractivity contribution in [3.63, 3.8) is 0 Å². The molecule has 4 aromatic rings. The van der Waals surface area contributed by atoms with Crippen LogP contribution in [0.15, 0.2) is 109 Å². The van der Waals surface area contributed by atoms with Crippen molar-refractivity contribution in [2.45, 2.75) is 0 Å². The highest BCUT2D eigenvalue weighted by Crippen LogP contribution is 2.59. The summed E-state index contributed by atoms with van der Waals surface area (Å²) in [5.74, 6) is 0. The standard InChI is InChI=1S/C24H19N2/c1-3-11-19(12-4-1)26(20-13-5-2-6-14-20)23-17-9-7-15-21(23)25-22-16-8-10-18-24(22)26/h1-18,25H/q+1. The molecule has 1 N–H and O–H groups in total. The third kappa shape index (κ3) is 2.03. The van der Waals surface area contributed by atoms with Crippen LogP contribution in [0.3, 0.4) is 0 Å². The quantitative estimate of drug-likeness (QED) is 0.341. The fraction of sp³-hybridized carbons (Fsp3) is 0. The molecule has 1 aliphatic heterocycles. The molecule has 0 spiro atoms. The van der Waals surface area contributed by atoms with Crippen LogP contribution in [0.2, 0.25) is 0 Å². The fourth-order valence-corrected chi connectivity index (χ4v) is 4.03. The van der Waals surface area contributed by atoms with Gasteiger partial charge in [-0.2, -0.15) is 4.48 Å². The maximum Gasteiger partial charge on any atom is 0.171 e. The zero-order valence-electron chi connectivity index (χ0n) is 14.3. The molecular weight excluding hydrogens is 316 g/mol. The van der Waals surface area contributed by atoms with E-state index in [1.54, 1.807) is 0 Å². The van der Waals surface area contributed by atoms with E-state index in [0.717, 1.165) is 11.4 Å². The van der Waals surface area contributed by atoms with Gasteiger partial charge in [-0.15, -0.1) is 0 Å².